The van der Waals surface area contributed by atoms with E-state index >= 15 is 0 Å². The van der Waals surface area contributed by atoms with Crippen molar-refractivity contribution in [3.63, 3.8) is 0 Å². The summed E-state index contributed by atoms with van der Waals surface area (Å²) in [5.41, 5.74) is 1.05. The summed E-state index contributed by atoms with van der Waals surface area (Å²) in [4.78, 5) is 4.06. The number of unbranched alkanes of at least 4 members (excludes halogenated alkanes) is 1. The van der Waals surface area contributed by atoms with Crippen molar-refractivity contribution >= 4 is 11.6 Å². The quantitative estimate of drug-likeness (QED) is 0.590. The molecule has 0 aliphatic carbocycles. The summed E-state index contributed by atoms with van der Waals surface area (Å²) in [5.74, 6) is 0. The monoisotopic (exact) mass is 242 g/mol. The summed E-state index contributed by atoms with van der Waals surface area (Å²) in [7, 11) is 1.73. The Labute approximate surface area is 102 Å². The van der Waals surface area contributed by atoms with Crippen molar-refractivity contribution in [1.82, 2.24) is 10.3 Å². The van der Waals surface area contributed by atoms with Crippen LogP contribution in [-0.4, -0.2) is 25.2 Å². The second-order valence-corrected chi connectivity index (χ2v) is 4.12. The first-order valence-electron chi connectivity index (χ1n) is 5.58. The molecule has 3 nitrogen and oxygen atoms in total. The Kier molecular flexibility index (Phi) is 6.38. The van der Waals surface area contributed by atoms with Crippen LogP contribution >= 0.6 is 11.6 Å². The van der Waals surface area contributed by atoms with Gasteiger partial charge in [0, 0.05) is 31.5 Å². The number of aromatic nitrogens is 1. The molecule has 0 amide bonds. The molecule has 0 aliphatic rings. The highest BCUT2D eigenvalue weighted by Gasteiger charge is 2.08. The molecule has 0 saturated heterocycles. The van der Waals surface area contributed by atoms with Gasteiger partial charge in [-0.05, 0) is 32.4 Å². The van der Waals surface area contributed by atoms with Gasteiger partial charge in [-0.3, -0.25) is 0 Å². The zero-order chi connectivity index (χ0) is 11.8. The van der Waals surface area contributed by atoms with Gasteiger partial charge in [0.05, 0.1) is 0 Å². The fraction of sp³-hybridized carbons (Fsp3) is 0.583. The van der Waals surface area contributed by atoms with Gasteiger partial charge in [-0.2, -0.15) is 0 Å². The molecule has 0 bridgehead atoms. The molecule has 1 aromatic rings. The predicted molar refractivity (Wildman–Crippen MR) is 66.8 cm³/mol. The summed E-state index contributed by atoms with van der Waals surface area (Å²) in [5, 5.41) is 4.00. The highest BCUT2D eigenvalue weighted by atomic mass is 35.5. The highest BCUT2D eigenvalue weighted by Crippen LogP contribution is 2.19. The summed E-state index contributed by atoms with van der Waals surface area (Å²) in [6.45, 7) is 3.89. The van der Waals surface area contributed by atoms with Crippen LogP contribution < -0.4 is 5.32 Å². The maximum Gasteiger partial charge on any atom is 0.133 e. The second kappa shape index (κ2) is 7.60. The van der Waals surface area contributed by atoms with Crippen LogP contribution in [0.1, 0.15) is 31.4 Å². The maximum atomic E-state index is 6.01. The van der Waals surface area contributed by atoms with Crippen LogP contribution in [0.4, 0.5) is 0 Å². The van der Waals surface area contributed by atoms with E-state index in [2.05, 4.69) is 17.2 Å². The van der Waals surface area contributed by atoms with Crippen LogP contribution in [0.15, 0.2) is 18.3 Å². The Morgan fingerprint density at radius 2 is 2.31 bits per heavy atom. The lowest BCUT2D eigenvalue weighted by molar-refractivity contribution is 0.192. The summed E-state index contributed by atoms with van der Waals surface area (Å²) in [6, 6.07) is 4.15. The number of rotatable bonds is 7. The molecule has 1 heterocycles. The fourth-order valence-corrected chi connectivity index (χ4v) is 1.80. The lowest BCUT2D eigenvalue weighted by Gasteiger charge is -2.14. The van der Waals surface area contributed by atoms with E-state index in [1.807, 2.05) is 12.1 Å². The van der Waals surface area contributed by atoms with Crippen LogP contribution in [0.25, 0.3) is 0 Å². The van der Waals surface area contributed by atoms with Crippen LogP contribution in [0.5, 0.6) is 0 Å². The zero-order valence-corrected chi connectivity index (χ0v) is 10.6. The van der Waals surface area contributed by atoms with Crippen molar-refractivity contribution in [2.75, 3.05) is 20.3 Å². The van der Waals surface area contributed by atoms with Crippen molar-refractivity contribution in [1.29, 1.82) is 0 Å². The largest absolute Gasteiger partial charge is 0.385 e. The molecule has 0 fully saturated rings. The van der Waals surface area contributed by atoms with Crippen molar-refractivity contribution in [2.24, 2.45) is 0 Å². The summed E-state index contributed by atoms with van der Waals surface area (Å²) in [6.07, 6.45) is 3.89. The molecule has 1 aromatic heterocycles. The molecule has 1 N–H and O–H groups in total. The third-order valence-corrected chi connectivity index (χ3v) is 2.80. The van der Waals surface area contributed by atoms with E-state index < -0.39 is 0 Å². The normalized spacial score (nSPS) is 12.7. The number of hydrogen-bond donors (Lipinski definition) is 1. The van der Waals surface area contributed by atoms with Crippen molar-refractivity contribution in [3.8, 4) is 0 Å². The summed E-state index contributed by atoms with van der Waals surface area (Å²) >= 11 is 6.01. The minimum Gasteiger partial charge on any atom is -0.385 e. The Balaban J connectivity index is 2.30. The number of methoxy groups -OCH3 is 1. The van der Waals surface area contributed by atoms with Crippen molar-refractivity contribution < 1.29 is 4.74 Å². The van der Waals surface area contributed by atoms with Crippen molar-refractivity contribution in [2.45, 2.75) is 25.8 Å². The van der Waals surface area contributed by atoms with E-state index in [1.165, 1.54) is 0 Å². The first-order valence-corrected chi connectivity index (χ1v) is 5.96. The average molecular weight is 243 g/mol. The van der Waals surface area contributed by atoms with Crippen LogP contribution in [-0.2, 0) is 4.74 Å². The number of ether oxygens (including phenoxy) is 1. The lowest BCUT2D eigenvalue weighted by Crippen LogP contribution is -2.20. The predicted octanol–water partition coefficient (Wildman–Crippen LogP) is 2.81. The Morgan fingerprint density at radius 3 is 3.00 bits per heavy atom. The molecule has 90 valence electrons. The molecule has 1 atom stereocenters. The maximum absolute atomic E-state index is 6.01. The molecule has 0 spiro atoms. The number of nitrogens with one attached hydrogen (secondary N) is 1. The Hall–Kier alpha value is -0.640. The Morgan fingerprint density at radius 1 is 1.50 bits per heavy atom. The lowest BCUT2D eigenvalue weighted by atomic mass is 10.1. The van der Waals surface area contributed by atoms with Gasteiger partial charge in [0.2, 0.25) is 0 Å². The van der Waals surface area contributed by atoms with Gasteiger partial charge < -0.3 is 10.1 Å². The van der Waals surface area contributed by atoms with Crippen LogP contribution in [0.2, 0.25) is 5.15 Å². The topological polar surface area (TPSA) is 34.1 Å². The van der Waals surface area contributed by atoms with Gasteiger partial charge in [0.15, 0.2) is 0 Å². The number of pyridine rings is 1. The Bertz CT molecular complexity index is 307. The molecule has 16 heavy (non-hydrogen) atoms. The van der Waals surface area contributed by atoms with E-state index in [0.717, 1.165) is 31.6 Å². The first kappa shape index (κ1) is 13.4. The molecule has 1 rings (SSSR count). The van der Waals surface area contributed by atoms with Crippen molar-refractivity contribution in [3.05, 3.63) is 29.0 Å². The van der Waals surface area contributed by atoms with Crippen LogP contribution in [0.3, 0.4) is 0 Å². The number of halogens is 1. The number of nitrogens with zero attached hydrogens (tertiary/aromatic N) is 1. The second-order valence-electron chi connectivity index (χ2n) is 3.76. The molecule has 0 radical (unpaired) electrons. The van der Waals surface area contributed by atoms with Crippen LogP contribution in [0, 0.1) is 0 Å². The van der Waals surface area contributed by atoms with E-state index in [1.54, 1.807) is 13.3 Å². The van der Waals surface area contributed by atoms with E-state index in [-0.39, 0.29) is 6.04 Å². The van der Waals surface area contributed by atoms with E-state index in [9.17, 15) is 0 Å². The fourth-order valence-electron chi connectivity index (χ4n) is 1.52. The summed E-state index contributed by atoms with van der Waals surface area (Å²) < 4.78 is 4.99. The minimum atomic E-state index is 0.240. The minimum absolute atomic E-state index is 0.240. The molecular weight excluding hydrogens is 224 g/mol. The smallest absolute Gasteiger partial charge is 0.133 e. The van der Waals surface area contributed by atoms with E-state index in [4.69, 9.17) is 16.3 Å². The molecule has 1 unspecified atom stereocenters. The molecule has 0 saturated carbocycles. The third kappa shape index (κ3) is 4.47. The van der Waals surface area contributed by atoms with Gasteiger partial charge in [-0.15, -0.1) is 0 Å². The van der Waals surface area contributed by atoms with Gasteiger partial charge in [-0.1, -0.05) is 17.7 Å². The molecule has 0 aromatic carbocycles. The first-order chi connectivity index (χ1) is 7.75. The highest BCUT2D eigenvalue weighted by molar-refractivity contribution is 6.30. The molecular formula is C12H19ClN2O. The average Bonchev–Trinajstić information content (AvgIpc) is 2.29. The van der Waals surface area contributed by atoms with Gasteiger partial charge in [-0.25, -0.2) is 4.98 Å². The standard InChI is InChI=1S/C12H19ClN2O/c1-10(14-7-3-4-9-16-2)11-6-5-8-15-12(11)13/h5-6,8,10,14H,3-4,7,9H2,1-2H3. The van der Waals surface area contributed by atoms with Gasteiger partial charge in [0.25, 0.3) is 0 Å². The van der Waals surface area contributed by atoms with E-state index in [0.29, 0.717) is 5.15 Å². The molecule has 0 aliphatic heterocycles. The number of hydrogen-bond acceptors (Lipinski definition) is 3. The molecule has 4 heteroatoms. The van der Waals surface area contributed by atoms with Gasteiger partial charge in [0.1, 0.15) is 5.15 Å². The SMILES string of the molecule is COCCCCNC(C)c1cccnc1Cl. The van der Waals surface area contributed by atoms with Gasteiger partial charge >= 0.3 is 0 Å². The third-order valence-electron chi connectivity index (χ3n) is 2.48. The zero-order valence-electron chi connectivity index (χ0n) is 9.87.